The summed E-state index contributed by atoms with van der Waals surface area (Å²) < 4.78 is 1.93. The molecule has 0 radical (unpaired) electrons. The van der Waals surface area contributed by atoms with Gasteiger partial charge in [-0.15, -0.1) is 0 Å². The Labute approximate surface area is 186 Å². The second kappa shape index (κ2) is 8.47. The minimum Gasteiger partial charge on any atom is -0.337 e. The Bertz CT molecular complexity index is 1270. The minimum absolute atomic E-state index is 0.0880. The zero-order valence-corrected chi connectivity index (χ0v) is 18.8. The van der Waals surface area contributed by atoms with E-state index in [0.29, 0.717) is 34.0 Å². The van der Waals surface area contributed by atoms with Crippen molar-refractivity contribution >= 4 is 28.4 Å². The first kappa shape index (κ1) is 21.0. The molecule has 4 rings (SSSR count). The molecule has 3 aromatic heterocycles. The predicted octanol–water partition coefficient (Wildman–Crippen LogP) is 5.06. The van der Waals surface area contributed by atoms with Crippen LogP contribution in [0.4, 0.5) is 0 Å². The molecule has 6 nitrogen and oxygen atoms in total. The molecule has 0 unspecified atom stereocenters. The number of pyridine rings is 2. The lowest BCUT2D eigenvalue weighted by Crippen LogP contribution is -2.27. The Hall–Kier alpha value is -3.25. The molecular formula is C24H24ClN5O. The molecule has 7 heteroatoms. The van der Waals surface area contributed by atoms with Gasteiger partial charge in [-0.1, -0.05) is 23.7 Å². The van der Waals surface area contributed by atoms with Crippen molar-refractivity contribution in [1.82, 2.24) is 24.6 Å². The smallest absolute Gasteiger partial charge is 0.254 e. The third kappa shape index (κ3) is 3.91. The molecule has 4 aromatic rings. The van der Waals surface area contributed by atoms with E-state index in [9.17, 15) is 4.79 Å². The third-order valence-corrected chi connectivity index (χ3v) is 5.99. The molecule has 0 atom stereocenters. The fraction of sp³-hybridized carbons (Fsp3) is 0.250. The van der Waals surface area contributed by atoms with Gasteiger partial charge in [0.15, 0.2) is 0 Å². The Morgan fingerprint density at radius 1 is 1.16 bits per heavy atom. The number of carbonyl (C=O) groups is 1. The van der Waals surface area contributed by atoms with E-state index in [2.05, 4.69) is 10.1 Å². The van der Waals surface area contributed by atoms with E-state index in [1.807, 2.05) is 68.0 Å². The Balaban J connectivity index is 1.80. The normalized spacial score (nSPS) is 11.1. The van der Waals surface area contributed by atoms with Gasteiger partial charge in [-0.25, -0.2) is 4.98 Å². The first-order valence-corrected chi connectivity index (χ1v) is 10.6. The first-order chi connectivity index (χ1) is 14.9. The number of fused-ring (bicyclic) bond motifs is 1. The maximum atomic E-state index is 13.5. The summed E-state index contributed by atoms with van der Waals surface area (Å²) in [6.45, 7) is 7.26. The molecule has 158 valence electrons. The van der Waals surface area contributed by atoms with Gasteiger partial charge in [0.25, 0.3) is 5.91 Å². The SMILES string of the molecule is CCn1ncc(CN(C)C(=O)c2cc(-c3ccccn3)nc3c(C)c(Cl)ccc23)c1C. The van der Waals surface area contributed by atoms with E-state index in [1.165, 1.54) is 0 Å². The molecule has 0 aliphatic rings. The number of aromatic nitrogens is 4. The summed E-state index contributed by atoms with van der Waals surface area (Å²) >= 11 is 6.36. The fourth-order valence-electron chi connectivity index (χ4n) is 3.72. The maximum Gasteiger partial charge on any atom is 0.254 e. The van der Waals surface area contributed by atoms with Gasteiger partial charge in [0.05, 0.1) is 28.7 Å². The fourth-order valence-corrected chi connectivity index (χ4v) is 3.87. The highest BCUT2D eigenvalue weighted by atomic mass is 35.5. The van der Waals surface area contributed by atoms with Crippen LogP contribution in [-0.4, -0.2) is 37.6 Å². The molecule has 0 saturated carbocycles. The van der Waals surface area contributed by atoms with Gasteiger partial charge < -0.3 is 4.90 Å². The van der Waals surface area contributed by atoms with Gasteiger partial charge in [-0.3, -0.25) is 14.5 Å². The Morgan fingerprint density at radius 3 is 2.65 bits per heavy atom. The lowest BCUT2D eigenvalue weighted by atomic mass is 10.0. The van der Waals surface area contributed by atoms with Crippen LogP contribution < -0.4 is 0 Å². The molecule has 1 amide bonds. The van der Waals surface area contributed by atoms with Crippen molar-refractivity contribution in [2.75, 3.05) is 7.05 Å². The van der Waals surface area contributed by atoms with Gasteiger partial charge in [0.2, 0.25) is 0 Å². The summed E-state index contributed by atoms with van der Waals surface area (Å²) in [5.41, 5.74) is 5.58. The number of aryl methyl sites for hydroxylation is 2. The summed E-state index contributed by atoms with van der Waals surface area (Å²) in [4.78, 5) is 24.5. The molecule has 0 spiro atoms. The number of halogens is 1. The summed E-state index contributed by atoms with van der Waals surface area (Å²) in [6.07, 6.45) is 3.55. The second-order valence-electron chi connectivity index (χ2n) is 7.57. The van der Waals surface area contributed by atoms with E-state index in [-0.39, 0.29) is 5.91 Å². The number of rotatable bonds is 5. The van der Waals surface area contributed by atoms with Crippen LogP contribution in [-0.2, 0) is 13.1 Å². The number of nitrogens with zero attached hydrogens (tertiary/aromatic N) is 5. The van der Waals surface area contributed by atoms with Gasteiger partial charge in [-0.2, -0.15) is 5.10 Å². The highest BCUT2D eigenvalue weighted by Gasteiger charge is 2.20. The Kier molecular flexibility index (Phi) is 5.74. The summed E-state index contributed by atoms with van der Waals surface area (Å²) in [7, 11) is 1.81. The number of hydrogen-bond acceptors (Lipinski definition) is 4. The number of amides is 1. The molecule has 0 bridgehead atoms. The van der Waals surface area contributed by atoms with E-state index in [0.717, 1.165) is 28.8 Å². The minimum atomic E-state index is -0.0880. The lowest BCUT2D eigenvalue weighted by Gasteiger charge is -2.19. The van der Waals surface area contributed by atoms with Crippen LogP contribution in [0.15, 0.2) is 48.8 Å². The van der Waals surface area contributed by atoms with Gasteiger partial charge in [0, 0.05) is 48.0 Å². The molecule has 1 aromatic carbocycles. The zero-order chi connectivity index (χ0) is 22.1. The summed E-state index contributed by atoms with van der Waals surface area (Å²) in [5, 5.41) is 5.79. The van der Waals surface area contributed by atoms with Gasteiger partial charge in [0.1, 0.15) is 0 Å². The number of carbonyl (C=O) groups excluding carboxylic acids is 1. The van der Waals surface area contributed by atoms with Crippen LogP contribution >= 0.6 is 11.6 Å². The van der Waals surface area contributed by atoms with Crippen LogP contribution in [0.1, 0.15) is 34.1 Å². The zero-order valence-electron chi connectivity index (χ0n) is 18.1. The average Bonchev–Trinajstić information content (AvgIpc) is 3.14. The first-order valence-electron chi connectivity index (χ1n) is 10.2. The molecule has 0 fully saturated rings. The maximum absolute atomic E-state index is 13.5. The van der Waals surface area contributed by atoms with Gasteiger partial charge >= 0.3 is 0 Å². The molecule has 0 aliphatic heterocycles. The van der Waals surface area contributed by atoms with Gasteiger partial charge in [-0.05, 0) is 50.6 Å². The van der Waals surface area contributed by atoms with E-state index >= 15 is 0 Å². The van der Waals surface area contributed by atoms with Crippen LogP contribution in [0.2, 0.25) is 5.02 Å². The number of benzene rings is 1. The largest absolute Gasteiger partial charge is 0.337 e. The molecule has 31 heavy (non-hydrogen) atoms. The highest BCUT2D eigenvalue weighted by Crippen LogP contribution is 2.30. The molecule has 0 N–H and O–H groups in total. The van der Waals surface area contributed by atoms with Crippen LogP contribution in [0.5, 0.6) is 0 Å². The molecule has 0 saturated heterocycles. The van der Waals surface area contributed by atoms with Crippen molar-refractivity contribution in [2.24, 2.45) is 0 Å². The second-order valence-corrected chi connectivity index (χ2v) is 7.98. The molecular weight excluding hydrogens is 410 g/mol. The van der Waals surface area contributed by atoms with Crippen LogP contribution in [0, 0.1) is 13.8 Å². The quantitative estimate of drug-likeness (QED) is 0.441. The third-order valence-electron chi connectivity index (χ3n) is 5.58. The average molecular weight is 434 g/mol. The highest BCUT2D eigenvalue weighted by molar-refractivity contribution is 6.32. The Morgan fingerprint density at radius 2 is 1.97 bits per heavy atom. The monoisotopic (exact) mass is 433 g/mol. The van der Waals surface area contributed by atoms with Crippen molar-refractivity contribution in [1.29, 1.82) is 0 Å². The van der Waals surface area contributed by atoms with E-state index in [1.54, 1.807) is 18.1 Å². The van der Waals surface area contributed by atoms with E-state index in [4.69, 9.17) is 16.6 Å². The van der Waals surface area contributed by atoms with Crippen molar-refractivity contribution in [2.45, 2.75) is 33.9 Å². The van der Waals surface area contributed by atoms with Crippen LogP contribution in [0.3, 0.4) is 0 Å². The number of hydrogen-bond donors (Lipinski definition) is 0. The standard InChI is InChI=1S/C24H24ClN5O/c1-5-30-16(3)17(13-27-30)14-29(4)24(31)19-12-22(21-8-6-7-11-26-21)28-23-15(2)20(25)10-9-18(19)23/h6-13H,5,14H2,1-4H3. The van der Waals surface area contributed by atoms with Crippen molar-refractivity contribution in [3.05, 3.63) is 76.2 Å². The van der Waals surface area contributed by atoms with Crippen LogP contribution in [0.25, 0.3) is 22.3 Å². The van der Waals surface area contributed by atoms with E-state index < -0.39 is 0 Å². The lowest BCUT2D eigenvalue weighted by molar-refractivity contribution is 0.0787. The predicted molar refractivity (Wildman–Crippen MR) is 123 cm³/mol. The molecule has 0 aliphatic carbocycles. The van der Waals surface area contributed by atoms with Crippen molar-refractivity contribution < 1.29 is 4.79 Å². The summed E-state index contributed by atoms with van der Waals surface area (Å²) in [6, 6.07) is 11.1. The van der Waals surface area contributed by atoms with Crippen molar-refractivity contribution in [3.63, 3.8) is 0 Å². The topological polar surface area (TPSA) is 63.9 Å². The molecule has 3 heterocycles. The van der Waals surface area contributed by atoms with Crippen molar-refractivity contribution in [3.8, 4) is 11.4 Å². The summed E-state index contributed by atoms with van der Waals surface area (Å²) in [5.74, 6) is -0.0880.